The largest absolute Gasteiger partial charge is 0.380 e. The van der Waals surface area contributed by atoms with E-state index in [1.54, 1.807) is 0 Å². The minimum Gasteiger partial charge on any atom is -0.380 e. The average molecular weight is 303 g/mol. The van der Waals surface area contributed by atoms with E-state index in [2.05, 4.69) is 55.7 Å². The molecule has 0 atom stereocenters. The summed E-state index contributed by atoms with van der Waals surface area (Å²) >= 11 is 0. The SMILES string of the molecule is CCCCNC(=NCc1ccc(C)cc1)NCC1(C)COC1. The van der Waals surface area contributed by atoms with Crippen LogP contribution < -0.4 is 10.6 Å². The average Bonchev–Trinajstić information content (AvgIpc) is 2.49. The fourth-order valence-corrected chi connectivity index (χ4v) is 2.27. The van der Waals surface area contributed by atoms with E-state index in [1.165, 1.54) is 17.5 Å². The van der Waals surface area contributed by atoms with Crippen molar-refractivity contribution in [2.45, 2.75) is 40.2 Å². The van der Waals surface area contributed by atoms with Crippen LogP contribution in [0.2, 0.25) is 0 Å². The number of ether oxygens (including phenoxy) is 1. The number of unbranched alkanes of at least 4 members (excludes halogenated alkanes) is 1. The lowest BCUT2D eigenvalue weighted by Crippen LogP contribution is -2.51. The summed E-state index contributed by atoms with van der Waals surface area (Å²) in [6.07, 6.45) is 2.34. The highest BCUT2D eigenvalue weighted by atomic mass is 16.5. The number of nitrogens with one attached hydrogen (secondary N) is 2. The van der Waals surface area contributed by atoms with Gasteiger partial charge in [0.1, 0.15) is 0 Å². The Morgan fingerprint density at radius 3 is 2.55 bits per heavy atom. The van der Waals surface area contributed by atoms with Crippen LogP contribution in [0.15, 0.2) is 29.3 Å². The molecule has 0 bridgehead atoms. The number of rotatable bonds is 7. The van der Waals surface area contributed by atoms with Crippen LogP contribution in [0.1, 0.15) is 37.8 Å². The van der Waals surface area contributed by atoms with Crippen molar-refractivity contribution < 1.29 is 4.74 Å². The molecular weight excluding hydrogens is 274 g/mol. The van der Waals surface area contributed by atoms with E-state index in [0.29, 0.717) is 6.54 Å². The van der Waals surface area contributed by atoms with Crippen LogP contribution in [0, 0.1) is 12.3 Å². The molecule has 122 valence electrons. The number of aryl methyl sites for hydroxylation is 1. The first-order valence-corrected chi connectivity index (χ1v) is 8.27. The molecular formula is C18H29N3O. The van der Waals surface area contributed by atoms with Gasteiger partial charge in [0, 0.05) is 18.5 Å². The monoisotopic (exact) mass is 303 g/mol. The van der Waals surface area contributed by atoms with Crippen LogP contribution in [0.5, 0.6) is 0 Å². The molecule has 1 fully saturated rings. The first kappa shape index (κ1) is 16.8. The Hall–Kier alpha value is -1.55. The Morgan fingerprint density at radius 2 is 1.95 bits per heavy atom. The zero-order valence-electron chi connectivity index (χ0n) is 14.1. The van der Waals surface area contributed by atoms with E-state index in [-0.39, 0.29) is 5.41 Å². The topological polar surface area (TPSA) is 45.7 Å². The zero-order chi connectivity index (χ0) is 15.8. The van der Waals surface area contributed by atoms with E-state index in [4.69, 9.17) is 9.73 Å². The van der Waals surface area contributed by atoms with Crippen molar-refractivity contribution in [1.82, 2.24) is 10.6 Å². The predicted molar refractivity (Wildman–Crippen MR) is 92.2 cm³/mol. The maximum Gasteiger partial charge on any atom is 0.191 e. The van der Waals surface area contributed by atoms with E-state index >= 15 is 0 Å². The van der Waals surface area contributed by atoms with Crippen LogP contribution in [-0.4, -0.2) is 32.3 Å². The smallest absolute Gasteiger partial charge is 0.191 e. The molecule has 0 radical (unpaired) electrons. The third kappa shape index (κ3) is 5.34. The Morgan fingerprint density at radius 1 is 1.23 bits per heavy atom. The van der Waals surface area contributed by atoms with E-state index in [9.17, 15) is 0 Å². The van der Waals surface area contributed by atoms with Crippen molar-refractivity contribution in [3.8, 4) is 0 Å². The van der Waals surface area contributed by atoms with Crippen molar-refractivity contribution >= 4 is 5.96 Å². The van der Waals surface area contributed by atoms with Crippen molar-refractivity contribution in [2.75, 3.05) is 26.3 Å². The van der Waals surface area contributed by atoms with Gasteiger partial charge in [-0.25, -0.2) is 4.99 Å². The molecule has 4 heteroatoms. The Balaban J connectivity index is 1.89. The highest BCUT2D eigenvalue weighted by Gasteiger charge is 2.33. The summed E-state index contributed by atoms with van der Waals surface area (Å²) in [6.45, 7) is 10.8. The summed E-state index contributed by atoms with van der Waals surface area (Å²) in [4.78, 5) is 4.71. The predicted octanol–water partition coefficient (Wildman–Crippen LogP) is 2.87. The fraction of sp³-hybridized carbons (Fsp3) is 0.611. The summed E-state index contributed by atoms with van der Waals surface area (Å²) in [5.41, 5.74) is 2.77. The second-order valence-corrected chi connectivity index (χ2v) is 6.59. The molecule has 1 aliphatic rings. The van der Waals surface area contributed by atoms with Crippen molar-refractivity contribution in [3.63, 3.8) is 0 Å². The highest BCUT2D eigenvalue weighted by Crippen LogP contribution is 2.24. The highest BCUT2D eigenvalue weighted by molar-refractivity contribution is 5.79. The normalized spacial score (nSPS) is 17.0. The van der Waals surface area contributed by atoms with Gasteiger partial charge in [-0.3, -0.25) is 0 Å². The van der Waals surface area contributed by atoms with Crippen LogP contribution in [0.3, 0.4) is 0 Å². The van der Waals surface area contributed by atoms with Gasteiger partial charge in [0.2, 0.25) is 0 Å². The number of benzene rings is 1. The maximum absolute atomic E-state index is 5.31. The zero-order valence-corrected chi connectivity index (χ0v) is 14.1. The van der Waals surface area contributed by atoms with Gasteiger partial charge in [0.25, 0.3) is 0 Å². The first-order valence-electron chi connectivity index (χ1n) is 8.27. The minimum absolute atomic E-state index is 0.247. The van der Waals surface area contributed by atoms with Gasteiger partial charge in [-0.2, -0.15) is 0 Å². The lowest BCUT2D eigenvalue weighted by Gasteiger charge is -2.38. The van der Waals surface area contributed by atoms with Gasteiger partial charge in [0.05, 0.1) is 19.8 Å². The fourth-order valence-electron chi connectivity index (χ4n) is 2.27. The molecule has 4 nitrogen and oxygen atoms in total. The molecule has 0 saturated carbocycles. The standard InChI is InChI=1S/C18H29N3O/c1-4-5-10-19-17(21-12-18(3)13-22-14-18)20-11-16-8-6-15(2)7-9-16/h6-9H,4-5,10-14H2,1-3H3,(H2,19,20,21). The Kier molecular flexibility index (Phi) is 6.25. The quantitative estimate of drug-likeness (QED) is 0.462. The van der Waals surface area contributed by atoms with Gasteiger partial charge in [0.15, 0.2) is 5.96 Å². The molecule has 1 saturated heterocycles. The number of guanidine groups is 1. The van der Waals surface area contributed by atoms with Crippen LogP contribution in [0.4, 0.5) is 0 Å². The molecule has 0 aromatic heterocycles. The van der Waals surface area contributed by atoms with Gasteiger partial charge < -0.3 is 15.4 Å². The van der Waals surface area contributed by atoms with Gasteiger partial charge in [-0.05, 0) is 18.9 Å². The lowest BCUT2D eigenvalue weighted by atomic mass is 9.89. The maximum atomic E-state index is 5.31. The summed E-state index contributed by atoms with van der Waals surface area (Å²) in [5, 5.41) is 6.88. The van der Waals surface area contributed by atoms with Gasteiger partial charge >= 0.3 is 0 Å². The number of aliphatic imine (C=N–C) groups is 1. The third-order valence-corrected chi connectivity index (χ3v) is 3.95. The summed E-state index contributed by atoms with van der Waals surface area (Å²) in [6, 6.07) is 8.55. The number of hydrogen-bond acceptors (Lipinski definition) is 2. The minimum atomic E-state index is 0.247. The molecule has 0 unspecified atom stereocenters. The Bertz CT molecular complexity index is 478. The second-order valence-electron chi connectivity index (χ2n) is 6.59. The second kappa shape index (κ2) is 8.18. The first-order chi connectivity index (χ1) is 10.6. The van der Waals surface area contributed by atoms with Gasteiger partial charge in [-0.15, -0.1) is 0 Å². The molecule has 1 aliphatic heterocycles. The van der Waals surface area contributed by atoms with Crippen molar-refractivity contribution in [3.05, 3.63) is 35.4 Å². The lowest BCUT2D eigenvalue weighted by molar-refractivity contribution is -0.0971. The molecule has 0 aliphatic carbocycles. The molecule has 1 aromatic rings. The molecule has 1 heterocycles. The van der Waals surface area contributed by atoms with Crippen LogP contribution in [0.25, 0.3) is 0 Å². The molecule has 0 spiro atoms. The van der Waals surface area contributed by atoms with E-state index < -0.39 is 0 Å². The van der Waals surface area contributed by atoms with Gasteiger partial charge in [-0.1, -0.05) is 50.1 Å². The molecule has 1 aromatic carbocycles. The number of nitrogens with zero attached hydrogens (tertiary/aromatic N) is 1. The van der Waals surface area contributed by atoms with Crippen LogP contribution in [-0.2, 0) is 11.3 Å². The van der Waals surface area contributed by atoms with E-state index in [1.807, 2.05) is 0 Å². The number of hydrogen-bond donors (Lipinski definition) is 2. The molecule has 2 rings (SSSR count). The van der Waals surface area contributed by atoms with Crippen molar-refractivity contribution in [1.29, 1.82) is 0 Å². The van der Waals surface area contributed by atoms with Crippen LogP contribution >= 0.6 is 0 Å². The third-order valence-electron chi connectivity index (χ3n) is 3.95. The molecule has 2 N–H and O–H groups in total. The Labute approximate surface area is 134 Å². The van der Waals surface area contributed by atoms with E-state index in [0.717, 1.165) is 38.7 Å². The summed E-state index contributed by atoms with van der Waals surface area (Å²) in [7, 11) is 0. The van der Waals surface area contributed by atoms with Crippen molar-refractivity contribution in [2.24, 2.45) is 10.4 Å². The summed E-state index contributed by atoms with van der Waals surface area (Å²) < 4.78 is 5.31. The summed E-state index contributed by atoms with van der Waals surface area (Å²) in [5.74, 6) is 0.905. The molecule has 22 heavy (non-hydrogen) atoms. The molecule has 0 amide bonds.